The van der Waals surface area contributed by atoms with E-state index in [1.165, 1.54) is 4.88 Å². The summed E-state index contributed by atoms with van der Waals surface area (Å²) >= 11 is 5.09. The van der Waals surface area contributed by atoms with Crippen LogP contribution in [0.15, 0.2) is 34.1 Å². The van der Waals surface area contributed by atoms with Crippen LogP contribution in [0.2, 0.25) is 0 Å². The van der Waals surface area contributed by atoms with Crippen molar-refractivity contribution in [3.8, 4) is 5.75 Å². The second-order valence-electron chi connectivity index (χ2n) is 3.48. The highest BCUT2D eigenvalue weighted by molar-refractivity contribution is 9.11. The molecule has 4 heteroatoms. The minimum Gasteiger partial charge on any atom is -0.486 e. The lowest BCUT2D eigenvalue weighted by atomic mass is 10.2. The number of ether oxygens (including phenoxy) is 1. The standard InChI is InChI=1S/C12H12BrNOS/c1-8-3-2-4-10(12(8)14)15-7-9-5-6-11(13)16-9/h2-6H,7,14H2,1H3. The summed E-state index contributed by atoms with van der Waals surface area (Å²) in [5, 5.41) is 0. The molecule has 0 unspecified atom stereocenters. The van der Waals surface area contributed by atoms with E-state index in [0.29, 0.717) is 6.61 Å². The SMILES string of the molecule is Cc1cccc(OCc2ccc(Br)s2)c1N. The Morgan fingerprint density at radius 1 is 1.31 bits per heavy atom. The molecule has 84 valence electrons. The first-order valence-corrected chi connectivity index (χ1v) is 6.50. The minimum atomic E-state index is 0.559. The lowest BCUT2D eigenvalue weighted by Gasteiger charge is -2.09. The summed E-state index contributed by atoms with van der Waals surface area (Å²) in [5.41, 5.74) is 7.69. The molecule has 1 aromatic carbocycles. The van der Waals surface area contributed by atoms with Crippen LogP contribution in [0.25, 0.3) is 0 Å². The first-order chi connectivity index (χ1) is 7.66. The number of aryl methyl sites for hydroxylation is 1. The average molecular weight is 298 g/mol. The molecule has 0 saturated carbocycles. The summed E-state index contributed by atoms with van der Waals surface area (Å²) in [6.45, 7) is 2.54. The maximum Gasteiger partial charge on any atom is 0.143 e. The molecule has 0 fully saturated rings. The zero-order chi connectivity index (χ0) is 11.5. The molecule has 0 amide bonds. The Kier molecular flexibility index (Phi) is 3.51. The summed E-state index contributed by atoms with van der Waals surface area (Å²) in [6.07, 6.45) is 0. The van der Waals surface area contributed by atoms with Gasteiger partial charge < -0.3 is 10.5 Å². The van der Waals surface area contributed by atoms with Crippen molar-refractivity contribution in [2.24, 2.45) is 0 Å². The van der Waals surface area contributed by atoms with E-state index in [2.05, 4.69) is 15.9 Å². The van der Waals surface area contributed by atoms with Crippen molar-refractivity contribution in [3.63, 3.8) is 0 Å². The highest BCUT2D eigenvalue weighted by Crippen LogP contribution is 2.27. The van der Waals surface area contributed by atoms with Crippen LogP contribution >= 0.6 is 27.3 Å². The minimum absolute atomic E-state index is 0.559. The van der Waals surface area contributed by atoms with E-state index < -0.39 is 0 Å². The molecule has 2 N–H and O–H groups in total. The fourth-order valence-electron chi connectivity index (χ4n) is 1.36. The van der Waals surface area contributed by atoms with Crippen LogP contribution in [-0.4, -0.2) is 0 Å². The quantitative estimate of drug-likeness (QED) is 0.870. The van der Waals surface area contributed by atoms with Gasteiger partial charge in [-0.2, -0.15) is 0 Å². The Hall–Kier alpha value is -1.00. The predicted octanol–water partition coefficient (Wildman–Crippen LogP) is 3.98. The van der Waals surface area contributed by atoms with Crippen LogP contribution in [0, 0.1) is 6.92 Å². The van der Waals surface area contributed by atoms with Crippen molar-refractivity contribution in [1.82, 2.24) is 0 Å². The van der Waals surface area contributed by atoms with Crippen molar-refractivity contribution in [2.45, 2.75) is 13.5 Å². The van der Waals surface area contributed by atoms with Crippen LogP contribution in [0.4, 0.5) is 5.69 Å². The number of para-hydroxylation sites is 1. The van der Waals surface area contributed by atoms with E-state index in [4.69, 9.17) is 10.5 Å². The first kappa shape index (κ1) is 11.5. The normalized spacial score (nSPS) is 10.4. The number of halogens is 1. The van der Waals surface area contributed by atoms with E-state index in [-0.39, 0.29) is 0 Å². The van der Waals surface area contributed by atoms with Crippen LogP contribution < -0.4 is 10.5 Å². The lowest BCUT2D eigenvalue weighted by Crippen LogP contribution is -1.98. The molecule has 0 aliphatic rings. The lowest BCUT2D eigenvalue weighted by molar-refractivity contribution is 0.311. The van der Waals surface area contributed by atoms with E-state index in [0.717, 1.165) is 20.8 Å². The Morgan fingerprint density at radius 3 is 2.81 bits per heavy atom. The number of rotatable bonds is 3. The Balaban J connectivity index is 2.07. The Bertz CT molecular complexity index is 496. The summed E-state index contributed by atoms with van der Waals surface area (Å²) in [4.78, 5) is 1.17. The second kappa shape index (κ2) is 4.89. The van der Waals surface area contributed by atoms with Gasteiger partial charge in [-0.3, -0.25) is 0 Å². The fraction of sp³-hybridized carbons (Fsp3) is 0.167. The van der Waals surface area contributed by atoms with Gasteiger partial charge in [0.25, 0.3) is 0 Å². The van der Waals surface area contributed by atoms with Gasteiger partial charge in [0, 0.05) is 4.88 Å². The third-order valence-electron chi connectivity index (χ3n) is 2.28. The molecular weight excluding hydrogens is 286 g/mol. The summed E-state index contributed by atoms with van der Waals surface area (Å²) in [6, 6.07) is 9.88. The van der Waals surface area contributed by atoms with E-state index >= 15 is 0 Å². The van der Waals surface area contributed by atoms with E-state index in [9.17, 15) is 0 Å². The third-order valence-corrected chi connectivity index (χ3v) is 3.88. The molecule has 2 aromatic rings. The maximum atomic E-state index is 5.92. The predicted molar refractivity (Wildman–Crippen MR) is 71.9 cm³/mol. The molecule has 0 spiro atoms. The van der Waals surface area contributed by atoms with Crippen molar-refractivity contribution < 1.29 is 4.74 Å². The molecule has 0 atom stereocenters. The highest BCUT2D eigenvalue weighted by atomic mass is 79.9. The summed E-state index contributed by atoms with van der Waals surface area (Å²) in [5.74, 6) is 0.754. The Labute approximate surface area is 107 Å². The highest BCUT2D eigenvalue weighted by Gasteiger charge is 2.04. The molecule has 0 saturated heterocycles. The second-order valence-corrected chi connectivity index (χ2v) is 6.03. The van der Waals surface area contributed by atoms with Crippen LogP contribution in [-0.2, 0) is 6.61 Å². The van der Waals surface area contributed by atoms with Gasteiger partial charge in [-0.15, -0.1) is 11.3 Å². The molecule has 1 heterocycles. The molecule has 2 nitrogen and oxygen atoms in total. The van der Waals surface area contributed by atoms with Crippen LogP contribution in [0.1, 0.15) is 10.4 Å². The fourth-order valence-corrected chi connectivity index (χ4v) is 2.75. The van der Waals surface area contributed by atoms with Crippen molar-refractivity contribution >= 4 is 33.0 Å². The van der Waals surface area contributed by atoms with Crippen LogP contribution in [0.5, 0.6) is 5.75 Å². The van der Waals surface area contributed by atoms with Gasteiger partial charge in [-0.25, -0.2) is 0 Å². The van der Waals surface area contributed by atoms with Crippen molar-refractivity contribution in [3.05, 3.63) is 44.6 Å². The topological polar surface area (TPSA) is 35.2 Å². The number of benzene rings is 1. The molecule has 0 aliphatic carbocycles. The Morgan fingerprint density at radius 2 is 2.12 bits per heavy atom. The maximum absolute atomic E-state index is 5.92. The van der Waals surface area contributed by atoms with Gasteiger partial charge in [0.1, 0.15) is 12.4 Å². The number of anilines is 1. The number of nitrogens with two attached hydrogens (primary N) is 1. The molecule has 2 rings (SSSR count). The average Bonchev–Trinajstić information content (AvgIpc) is 2.67. The van der Waals surface area contributed by atoms with Crippen molar-refractivity contribution in [2.75, 3.05) is 5.73 Å². The third kappa shape index (κ3) is 2.57. The number of thiophene rings is 1. The van der Waals surface area contributed by atoms with Gasteiger partial charge in [0.2, 0.25) is 0 Å². The summed E-state index contributed by atoms with van der Waals surface area (Å²) in [7, 11) is 0. The van der Waals surface area contributed by atoms with Gasteiger partial charge in [-0.1, -0.05) is 12.1 Å². The van der Waals surface area contributed by atoms with Gasteiger partial charge in [-0.05, 0) is 46.6 Å². The largest absolute Gasteiger partial charge is 0.486 e. The molecule has 0 bridgehead atoms. The first-order valence-electron chi connectivity index (χ1n) is 4.89. The molecule has 1 aromatic heterocycles. The smallest absolute Gasteiger partial charge is 0.143 e. The van der Waals surface area contributed by atoms with E-state index in [1.54, 1.807) is 11.3 Å². The van der Waals surface area contributed by atoms with Crippen LogP contribution in [0.3, 0.4) is 0 Å². The number of hydrogen-bond donors (Lipinski definition) is 1. The molecule has 0 aliphatic heterocycles. The zero-order valence-electron chi connectivity index (χ0n) is 8.87. The van der Waals surface area contributed by atoms with Gasteiger partial charge in [0.05, 0.1) is 9.47 Å². The van der Waals surface area contributed by atoms with E-state index in [1.807, 2.05) is 37.3 Å². The number of nitrogen functional groups attached to an aromatic ring is 1. The van der Waals surface area contributed by atoms with Gasteiger partial charge >= 0.3 is 0 Å². The molecular formula is C12H12BrNOS. The molecule has 16 heavy (non-hydrogen) atoms. The molecule has 0 radical (unpaired) electrons. The zero-order valence-corrected chi connectivity index (χ0v) is 11.3. The monoisotopic (exact) mass is 297 g/mol. The number of hydrogen-bond acceptors (Lipinski definition) is 3. The van der Waals surface area contributed by atoms with Gasteiger partial charge in [0.15, 0.2) is 0 Å². The summed E-state index contributed by atoms with van der Waals surface area (Å²) < 4.78 is 6.80. The van der Waals surface area contributed by atoms with Crippen molar-refractivity contribution in [1.29, 1.82) is 0 Å².